The van der Waals surface area contributed by atoms with E-state index in [0.717, 1.165) is 9.15 Å². The molecule has 2 rings (SSSR count). The fraction of sp³-hybridized carbons (Fsp3) is 0. The molecule has 1 aromatic carbocycles. The smallest absolute Gasteiger partial charge is 0.226 e. The number of rotatable bonds is 2. The zero-order chi connectivity index (χ0) is 10.8. The SMILES string of the molecule is O=Cc1cnn(-c2ccc(Br)cc2)c1F. The van der Waals surface area contributed by atoms with Crippen LogP contribution in [0.3, 0.4) is 0 Å². The molecule has 76 valence electrons. The van der Waals surface area contributed by atoms with Gasteiger partial charge in [-0.25, -0.2) is 4.68 Å². The number of aromatic nitrogens is 2. The lowest BCUT2D eigenvalue weighted by Gasteiger charge is -2.01. The number of carbonyl (C=O) groups is 1. The van der Waals surface area contributed by atoms with Crippen LogP contribution in [0, 0.1) is 5.95 Å². The molecule has 0 saturated heterocycles. The summed E-state index contributed by atoms with van der Waals surface area (Å²) in [5, 5.41) is 3.78. The summed E-state index contributed by atoms with van der Waals surface area (Å²) in [6.07, 6.45) is 1.64. The lowest BCUT2D eigenvalue weighted by Crippen LogP contribution is -1.99. The summed E-state index contributed by atoms with van der Waals surface area (Å²) < 4.78 is 15.5. The number of hydrogen-bond acceptors (Lipinski definition) is 2. The van der Waals surface area contributed by atoms with E-state index >= 15 is 0 Å². The Morgan fingerprint density at radius 3 is 2.53 bits per heavy atom. The van der Waals surface area contributed by atoms with Crippen LogP contribution in [-0.4, -0.2) is 16.1 Å². The van der Waals surface area contributed by atoms with E-state index in [1.54, 1.807) is 24.3 Å². The maximum atomic E-state index is 13.5. The molecule has 0 aliphatic rings. The standard InChI is InChI=1S/C10H6BrFN2O/c11-8-1-3-9(4-2-8)14-10(12)7(6-15)5-13-14/h1-6H. The normalized spacial score (nSPS) is 10.3. The van der Waals surface area contributed by atoms with Gasteiger partial charge in [-0.15, -0.1) is 0 Å². The molecule has 0 unspecified atom stereocenters. The van der Waals surface area contributed by atoms with Gasteiger partial charge in [0.1, 0.15) is 0 Å². The third-order valence-corrected chi connectivity index (χ3v) is 2.46. The van der Waals surface area contributed by atoms with Crippen molar-refractivity contribution in [1.82, 2.24) is 9.78 Å². The Hall–Kier alpha value is -1.49. The number of nitrogens with zero attached hydrogens (tertiary/aromatic N) is 2. The van der Waals surface area contributed by atoms with Crippen LogP contribution >= 0.6 is 15.9 Å². The molecule has 0 atom stereocenters. The van der Waals surface area contributed by atoms with Gasteiger partial charge in [0.05, 0.1) is 17.4 Å². The highest BCUT2D eigenvalue weighted by molar-refractivity contribution is 9.10. The predicted octanol–water partition coefficient (Wildman–Crippen LogP) is 2.59. The molecule has 0 aliphatic heterocycles. The van der Waals surface area contributed by atoms with E-state index in [-0.39, 0.29) is 5.56 Å². The Balaban J connectivity index is 2.49. The maximum Gasteiger partial charge on any atom is 0.226 e. The van der Waals surface area contributed by atoms with Crippen molar-refractivity contribution < 1.29 is 9.18 Å². The van der Waals surface area contributed by atoms with Gasteiger partial charge in [0.25, 0.3) is 0 Å². The van der Waals surface area contributed by atoms with Crippen LogP contribution in [0.2, 0.25) is 0 Å². The number of aldehydes is 1. The zero-order valence-electron chi connectivity index (χ0n) is 7.52. The first-order valence-corrected chi connectivity index (χ1v) is 4.96. The summed E-state index contributed by atoms with van der Waals surface area (Å²) in [5.41, 5.74) is 0.529. The van der Waals surface area contributed by atoms with Gasteiger partial charge >= 0.3 is 0 Å². The molecule has 0 saturated carbocycles. The van der Waals surface area contributed by atoms with Gasteiger partial charge < -0.3 is 0 Å². The van der Waals surface area contributed by atoms with E-state index < -0.39 is 5.95 Å². The predicted molar refractivity (Wildman–Crippen MR) is 56.6 cm³/mol. The maximum absolute atomic E-state index is 13.5. The third kappa shape index (κ3) is 1.83. The van der Waals surface area contributed by atoms with E-state index in [2.05, 4.69) is 21.0 Å². The van der Waals surface area contributed by atoms with Gasteiger partial charge in [0.15, 0.2) is 6.29 Å². The second kappa shape index (κ2) is 3.94. The van der Waals surface area contributed by atoms with Crippen LogP contribution in [-0.2, 0) is 0 Å². The minimum absolute atomic E-state index is 0.0436. The Morgan fingerprint density at radius 2 is 2.00 bits per heavy atom. The summed E-state index contributed by atoms with van der Waals surface area (Å²) in [7, 11) is 0. The van der Waals surface area contributed by atoms with Crippen molar-refractivity contribution in [2.45, 2.75) is 0 Å². The first-order valence-electron chi connectivity index (χ1n) is 4.17. The van der Waals surface area contributed by atoms with E-state index in [1.165, 1.54) is 6.20 Å². The Kier molecular flexibility index (Phi) is 2.64. The number of benzene rings is 1. The molecule has 5 heteroatoms. The van der Waals surface area contributed by atoms with Crippen LogP contribution in [0.4, 0.5) is 4.39 Å². The second-order valence-corrected chi connectivity index (χ2v) is 3.81. The first-order chi connectivity index (χ1) is 7.22. The molecular weight excluding hydrogens is 263 g/mol. The Labute approximate surface area is 93.7 Å². The lowest BCUT2D eigenvalue weighted by molar-refractivity contribution is 0.111. The first kappa shape index (κ1) is 10.0. The monoisotopic (exact) mass is 268 g/mol. The highest BCUT2D eigenvalue weighted by Gasteiger charge is 2.10. The zero-order valence-corrected chi connectivity index (χ0v) is 9.11. The van der Waals surface area contributed by atoms with E-state index in [0.29, 0.717) is 12.0 Å². The summed E-state index contributed by atoms with van der Waals surface area (Å²) in [5.74, 6) is -0.646. The molecule has 0 amide bonds. The molecule has 1 aromatic heterocycles. The minimum Gasteiger partial charge on any atom is -0.298 e. The third-order valence-electron chi connectivity index (χ3n) is 1.93. The van der Waals surface area contributed by atoms with Gasteiger partial charge in [-0.2, -0.15) is 9.49 Å². The Morgan fingerprint density at radius 1 is 1.33 bits per heavy atom. The van der Waals surface area contributed by atoms with E-state index in [1.807, 2.05) is 0 Å². The van der Waals surface area contributed by atoms with Crippen LogP contribution in [0.15, 0.2) is 34.9 Å². The molecule has 0 N–H and O–H groups in total. The highest BCUT2D eigenvalue weighted by atomic mass is 79.9. The number of carbonyl (C=O) groups excluding carboxylic acids is 1. The molecule has 3 nitrogen and oxygen atoms in total. The largest absolute Gasteiger partial charge is 0.298 e. The van der Waals surface area contributed by atoms with Crippen molar-refractivity contribution >= 4 is 22.2 Å². The average Bonchev–Trinajstić information content (AvgIpc) is 2.61. The van der Waals surface area contributed by atoms with Gasteiger partial charge in [-0.3, -0.25) is 4.79 Å². The lowest BCUT2D eigenvalue weighted by atomic mass is 10.3. The average molecular weight is 269 g/mol. The second-order valence-electron chi connectivity index (χ2n) is 2.90. The Bertz CT molecular complexity index is 493. The van der Waals surface area contributed by atoms with Crippen LogP contribution < -0.4 is 0 Å². The van der Waals surface area contributed by atoms with Crippen molar-refractivity contribution in [2.24, 2.45) is 0 Å². The van der Waals surface area contributed by atoms with Gasteiger partial charge in [0.2, 0.25) is 5.95 Å². The van der Waals surface area contributed by atoms with E-state index in [4.69, 9.17) is 0 Å². The fourth-order valence-electron chi connectivity index (χ4n) is 1.19. The summed E-state index contributed by atoms with van der Waals surface area (Å²) in [6.45, 7) is 0. The van der Waals surface area contributed by atoms with Gasteiger partial charge in [0, 0.05) is 4.47 Å². The molecule has 2 aromatic rings. The summed E-state index contributed by atoms with van der Waals surface area (Å²) >= 11 is 3.28. The van der Waals surface area contributed by atoms with Crippen LogP contribution in [0.1, 0.15) is 10.4 Å². The molecule has 0 aliphatic carbocycles. The highest BCUT2D eigenvalue weighted by Crippen LogP contribution is 2.15. The fourth-order valence-corrected chi connectivity index (χ4v) is 1.45. The summed E-state index contributed by atoms with van der Waals surface area (Å²) in [6, 6.07) is 6.96. The molecule has 0 fully saturated rings. The molecule has 15 heavy (non-hydrogen) atoms. The van der Waals surface area contributed by atoms with Crippen LogP contribution in [0.5, 0.6) is 0 Å². The van der Waals surface area contributed by atoms with Crippen molar-refractivity contribution in [3.05, 3.63) is 46.4 Å². The molecule has 0 radical (unpaired) electrons. The molecule has 0 spiro atoms. The van der Waals surface area contributed by atoms with E-state index in [9.17, 15) is 9.18 Å². The topological polar surface area (TPSA) is 34.9 Å². The molecular formula is C10H6BrFN2O. The summed E-state index contributed by atoms with van der Waals surface area (Å²) in [4.78, 5) is 10.4. The minimum atomic E-state index is -0.646. The van der Waals surface area contributed by atoms with Gasteiger partial charge in [-0.05, 0) is 24.3 Å². The van der Waals surface area contributed by atoms with Crippen molar-refractivity contribution in [3.63, 3.8) is 0 Å². The number of hydrogen-bond donors (Lipinski definition) is 0. The van der Waals surface area contributed by atoms with Crippen LogP contribution in [0.25, 0.3) is 5.69 Å². The molecule has 1 heterocycles. The van der Waals surface area contributed by atoms with Crippen molar-refractivity contribution in [1.29, 1.82) is 0 Å². The van der Waals surface area contributed by atoms with Crippen molar-refractivity contribution in [3.8, 4) is 5.69 Å². The van der Waals surface area contributed by atoms with Crippen molar-refractivity contribution in [2.75, 3.05) is 0 Å². The quantitative estimate of drug-likeness (QED) is 0.785. The number of halogens is 2. The molecule has 0 bridgehead atoms. The van der Waals surface area contributed by atoms with Gasteiger partial charge in [-0.1, -0.05) is 15.9 Å².